The molecule has 106 valence electrons. The van der Waals surface area contributed by atoms with Crippen molar-refractivity contribution in [3.63, 3.8) is 0 Å². The minimum absolute atomic E-state index is 0.418. The Hall–Kier alpha value is -2.06. The molecule has 0 aliphatic carbocycles. The van der Waals surface area contributed by atoms with Crippen molar-refractivity contribution >= 4 is 40.3 Å². The first-order valence-corrected chi connectivity index (χ1v) is 6.76. The Balaban J connectivity index is 1.97. The first kappa shape index (κ1) is 14.4. The smallest absolute Gasteiger partial charge is 0.313 e. The highest BCUT2D eigenvalue weighted by Crippen LogP contribution is 2.20. The fourth-order valence-corrected chi connectivity index (χ4v) is 2.11. The van der Waals surface area contributed by atoms with Crippen LogP contribution in [0.4, 0.5) is 5.69 Å². The van der Waals surface area contributed by atoms with Crippen molar-refractivity contribution in [2.24, 2.45) is 0 Å². The number of aromatic nitrogens is 2. The van der Waals surface area contributed by atoms with Gasteiger partial charge in [-0.15, -0.1) is 0 Å². The molecule has 1 aromatic heterocycles. The predicted octanol–water partition coefficient (Wildman–Crippen LogP) is 0.308. The highest BCUT2D eigenvalue weighted by molar-refractivity contribution is 7.00. The van der Waals surface area contributed by atoms with E-state index in [-0.39, 0.29) is 0 Å². The van der Waals surface area contributed by atoms with Crippen LogP contribution in [0.5, 0.6) is 0 Å². The van der Waals surface area contributed by atoms with Crippen molar-refractivity contribution < 1.29 is 9.59 Å². The molecule has 8 heteroatoms. The van der Waals surface area contributed by atoms with E-state index in [1.807, 2.05) is 19.0 Å². The molecule has 20 heavy (non-hydrogen) atoms. The van der Waals surface area contributed by atoms with Crippen molar-refractivity contribution in [2.45, 2.75) is 0 Å². The van der Waals surface area contributed by atoms with E-state index in [0.717, 1.165) is 11.7 Å². The number of nitrogens with zero attached hydrogens (tertiary/aromatic N) is 3. The molecule has 0 aliphatic rings. The second-order valence-electron chi connectivity index (χ2n) is 4.45. The summed E-state index contributed by atoms with van der Waals surface area (Å²) in [5, 5.41) is 5.10. The van der Waals surface area contributed by atoms with Gasteiger partial charge < -0.3 is 15.5 Å². The van der Waals surface area contributed by atoms with Gasteiger partial charge in [0.15, 0.2) is 0 Å². The monoisotopic (exact) mass is 293 g/mol. The lowest BCUT2D eigenvalue weighted by atomic mass is 10.2. The van der Waals surface area contributed by atoms with E-state index in [1.165, 1.54) is 0 Å². The number of anilines is 1. The molecule has 0 atom stereocenters. The molecule has 0 spiro atoms. The molecule has 2 N–H and O–H groups in total. The number of nitrogens with one attached hydrogen (secondary N) is 2. The van der Waals surface area contributed by atoms with E-state index in [2.05, 4.69) is 19.4 Å². The van der Waals surface area contributed by atoms with Gasteiger partial charge in [0.2, 0.25) is 0 Å². The lowest BCUT2D eigenvalue weighted by Gasteiger charge is -2.10. The van der Waals surface area contributed by atoms with Gasteiger partial charge in [-0.25, -0.2) is 0 Å². The van der Waals surface area contributed by atoms with E-state index in [9.17, 15) is 9.59 Å². The molecule has 0 fully saturated rings. The molecular weight excluding hydrogens is 278 g/mol. The number of hydrogen-bond acceptors (Lipinski definition) is 6. The third-order valence-electron chi connectivity index (χ3n) is 2.59. The number of amides is 2. The van der Waals surface area contributed by atoms with Gasteiger partial charge in [-0.2, -0.15) is 8.75 Å². The average molecular weight is 293 g/mol. The van der Waals surface area contributed by atoms with Crippen LogP contribution in [0.3, 0.4) is 0 Å². The first-order valence-electron chi connectivity index (χ1n) is 6.03. The summed E-state index contributed by atoms with van der Waals surface area (Å²) >= 11 is 1.06. The van der Waals surface area contributed by atoms with Crippen LogP contribution in [-0.2, 0) is 9.59 Å². The molecule has 0 saturated heterocycles. The Morgan fingerprint density at radius 3 is 2.80 bits per heavy atom. The van der Waals surface area contributed by atoms with Gasteiger partial charge in [-0.05, 0) is 26.2 Å². The second-order valence-corrected chi connectivity index (χ2v) is 4.98. The maximum Gasteiger partial charge on any atom is 0.313 e. The molecule has 0 bridgehead atoms. The summed E-state index contributed by atoms with van der Waals surface area (Å²) in [6, 6.07) is 5.24. The minimum atomic E-state index is -0.704. The summed E-state index contributed by atoms with van der Waals surface area (Å²) in [6.07, 6.45) is 0. The van der Waals surface area contributed by atoms with E-state index < -0.39 is 11.8 Å². The third-order valence-corrected chi connectivity index (χ3v) is 3.13. The Morgan fingerprint density at radius 1 is 1.25 bits per heavy atom. The molecule has 2 rings (SSSR count). The lowest BCUT2D eigenvalue weighted by Crippen LogP contribution is -2.38. The number of benzene rings is 1. The first-order chi connectivity index (χ1) is 9.58. The van der Waals surface area contributed by atoms with Crippen LogP contribution in [0.1, 0.15) is 0 Å². The number of fused-ring (bicyclic) bond motifs is 1. The molecule has 1 heterocycles. The Labute approximate surface area is 120 Å². The largest absolute Gasteiger partial charge is 0.347 e. The molecular formula is C12H15N5O2S. The Kier molecular flexibility index (Phi) is 4.59. The van der Waals surface area contributed by atoms with Crippen molar-refractivity contribution in [3.8, 4) is 0 Å². The van der Waals surface area contributed by atoms with Crippen molar-refractivity contribution in [1.82, 2.24) is 19.0 Å². The molecule has 2 amide bonds. The van der Waals surface area contributed by atoms with Crippen LogP contribution in [0.25, 0.3) is 11.0 Å². The highest BCUT2D eigenvalue weighted by atomic mass is 32.1. The zero-order valence-electron chi connectivity index (χ0n) is 11.2. The molecule has 7 nitrogen and oxygen atoms in total. The van der Waals surface area contributed by atoms with Gasteiger partial charge in [0.05, 0.1) is 17.4 Å². The second kappa shape index (κ2) is 6.40. The SMILES string of the molecule is CN(C)CCNC(=O)C(=O)Nc1cccc2nsnc12. The van der Waals surface area contributed by atoms with Crippen LogP contribution in [0.15, 0.2) is 18.2 Å². The highest BCUT2D eigenvalue weighted by Gasteiger charge is 2.15. The van der Waals surface area contributed by atoms with E-state index >= 15 is 0 Å². The predicted molar refractivity (Wildman–Crippen MR) is 77.6 cm³/mol. The zero-order chi connectivity index (χ0) is 14.5. The molecule has 1 aromatic carbocycles. The molecule has 0 aliphatic heterocycles. The van der Waals surface area contributed by atoms with Crippen molar-refractivity contribution in [2.75, 3.05) is 32.5 Å². The molecule has 2 aromatic rings. The third kappa shape index (κ3) is 3.49. The quantitative estimate of drug-likeness (QED) is 0.792. The van der Waals surface area contributed by atoms with Gasteiger partial charge in [0.25, 0.3) is 0 Å². The van der Waals surface area contributed by atoms with Gasteiger partial charge in [0.1, 0.15) is 11.0 Å². The van der Waals surface area contributed by atoms with Gasteiger partial charge in [0, 0.05) is 13.1 Å². The van der Waals surface area contributed by atoms with E-state index in [1.54, 1.807) is 18.2 Å². The van der Waals surface area contributed by atoms with Gasteiger partial charge in [-0.3, -0.25) is 9.59 Å². The van der Waals surface area contributed by atoms with Crippen LogP contribution >= 0.6 is 11.7 Å². The average Bonchev–Trinajstić information content (AvgIpc) is 2.87. The van der Waals surface area contributed by atoms with E-state index in [4.69, 9.17) is 0 Å². The standard InChI is InChI=1S/C12H15N5O2S/c1-17(2)7-6-13-11(18)12(19)14-8-4-3-5-9-10(8)16-20-15-9/h3-5H,6-7H2,1-2H3,(H,13,18)(H,14,19). The summed E-state index contributed by atoms with van der Waals surface area (Å²) in [5.41, 5.74) is 1.77. The zero-order valence-corrected chi connectivity index (χ0v) is 12.0. The fraction of sp³-hybridized carbons (Fsp3) is 0.333. The van der Waals surface area contributed by atoms with Crippen LogP contribution in [-0.4, -0.2) is 52.6 Å². The fourth-order valence-electron chi connectivity index (χ4n) is 1.56. The number of rotatable bonds is 4. The molecule has 0 saturated carbocycles. The summed E-state index contributed by atoms with van der Waals surface area (Å²) in [7, 11) is 3.78. The number of carbonyl (C=O) groups is 2. The van der Waals surface area contributed by atoms with Crippen LogP contribution in [0, 0.1) is 0 Å². The maximum atomic E-state index is 11.8. The molecule has 0 unspecified atom stereocenters. The number of hydrogen-bond donors (Lipinski definition) is 2. The molecule has 0 radical (unpaired) electrons. The Morgan fingerprint density at radius 2 is 2.05 bits per heavy atom. The number of carbonyl (C=O) groups excluding carboxylic acids is 2. The van der Waals surface area contributed by atoms with Crippen molar-refractivity contribution in [3.05, 3.63) is 18.2 Å². The van der Waals surface area contributed by atoms with Gasteiger partial charge in [-0.1, -0.05) is 6.07 Å². The minimum Gasteiger partial charge on any atom is -0.347 e. The van der Waals surface area contributed by atoms with Crippen LogP contribution in [0.2, 0.25) is 0 Å². The summed E-state index contributed by atoms with van der Waals surface area (Å²) in [6.45, 7) is 1.09. The lowest BCUT2D eigenvalue weighted by molar-refractivity contribution is -0.136. The summed E-state index contributed by atoms with van der Waals surface area (Å²) < 4.78 is 8.17. The normalized spacial score (nSPS) is 10.8. The summed E-state index contributed by atoms with van der Waals surface area (Å²) in [4.78, 5) is 25.3. The van der Waals surface area contributed by atoms with Crippen molar-refractivity contribution in [1.29, 1.82) is 0 Å². The number of likely N-dealkylation sites (N-methyl/N-ethyl adjacent to an activating group) is 1. The Bertz CT molecular complexity index is 625. The van der Waals surface area contributed by atoms with Gasteiger partial charge >= 0.3 is 11.8 Å². The maximum absolute atomic E-state index is 11.8. The topological polar surface area (TPSA) is 87.2 Å². The van der Waals surface area contributed by atoms with E-state index in [0.29, 0.717) is 29.8 Å². The summed E-state index contributed by atoms with van der Waals surface area (Å²) in [5.74, 6) is -1.36. The van der Waals surface area contributed by atoms with Crippen LogP contribution < -0.4 is 10.6 Å².